The van der Waals surface area contributed by atoms with E-state index in [2.05, 4.69) is 10.3 Å². The number of carbonyl (C=O) groups excluding carboxylic acids is 1. The molecule has 0 saturated heterocycles. The number of hydrogen-bond acceptors (Lipinski definition) is 4. The van der Waals surface area contributed by atoms with Gasteiger partial charge in [0.05, 0.1) is 17.6 Å². The molecule has 1 aliphatic heterocycles. The van der Waals surface area contributed by atoms with Gasteiger partial charge in [-0.1, -0.05) is 12.1 Å². The molecule has 0 atom stereocenters. The van der Waals surface area contributed by atoms with Crippen LogP contribution in [0, 0.1) is 0 Å². The van der Waals surface area contributed by atoms with E-state index in [1.165, 1.54) is 6.20 Å². The predicted molar refractivity (Wildman–Crippen MR) is 72.5 cm³/mol. The Kier molecular flexibility index (Phi) is 3.02. The number of pyridine rings is 1. The smallest absolute Gasteiger partial charge is 0.408 e. The fourth-order valence-corrected chi connectivity index (χ4v) is 2.03. The number of hydrogen-bond donors (Lipinski definition) is 1. The molecule has 0 saturated carbocycles. The maximum absolute atomic E-state index is 12.2. The fourth-order valence-electron chi connectivity index (χ4n) is 2.03. The summed E-state index contributed by atoms with van der Waals surface area (Å²) < 4.78 is 5.31. The number of nitrogens with one attached hydrogen (secondary N) is 1. The van der Waals surface area contributed by atoms with Gasteiger partial charge in [-0.05, 0) is 24.3 Å². The molecule has 5 heteroatoms. The molecule has 1 aliphatic rings. The highest BCUT2D eigenvalue weighted by atomic mass is 16.6. The largest absolute Gasteiger partial charge is 0.419 e. The van der Waals surface area contributed by atoms with Crippen LogP contribution >= 0.6 is 0 Å². The minimum atomic E-state index is -0.387. The Balaban J connectivity index is 1.82. The first kappa shape index (κ1) is 11.5. The van der Waals surface area contributed by atoms with Gasteiger partial charge in [-0.15, -0.1) is 0 Å². The molecule has 1 N–H and O–H groups in total. The minimum absolute atomic E-state index is 0.387. The molecule has 2 aromatic rings. The summed E-state index contributed by atoms with van der Waals surface area (Å²) in [6.45, 7) is 1.29. The van der Waals surface area contributed by atoms with Crippen molar-refractivity contribution in [1.29, 1.82) is 0 Å². The molecule has 1 aromatic carbocycles. The number of carbonyl (C=O) groups is 1. The van der Waals surface area contributed by atoms with Gasteiger partial charge in [0.25, 0.3) is 0 Å². The third-order valence-corrected chi connectivity index (χ3v) is 2.91. The van der Waals surface area contributed by atoms with Crippen LogP contribution in [-0.4, -0.2) is 24.2 Å². The van der Waals surface area contributed by atoms with Gasteiger partial charge in [0.2, 0.25) is 0 Å². The van der Waals surface area contributed by atoms with Crippen molar-refractivity contribution in [2.24, 2.45) is 0 Å². The van der Waals surface area contributed by atoms with Crippen molar-refractivity contribution in [3.63, 3.8) is 0 Å². The van der Waals surface area contributed by atoms with Crippen molar-refractivity contribution in [3.8, 4) is 5.75 Å². The first-order valence-corrected chi connectivity index (χ1v) is 6.07. The van der Waals surface area contributed by atoms with E-state index in [4.69, 9.17) is 4.74 Å². The average molecular weight is 255 g/mol. The second-order valence-corrected chi connectivity index (χ2v) is 4.15. The molecule has 96 valence electrons. The fraction of sp³-hybridized carbons (Fsp3) is 0.143. The summed E-state index contributed by atoms with van der Waals surface area (Å²) in [5, 5.41) is 3.25. The van der Waals surface area contributed by atoms with Gasteiger partial charge in [0.15, 0.2) is 5.75 Å². The molecule has 0 spiro atoms. The highest BCUT2D eigenvalue weighted by molar-refractivity contribution is 5.94. The third kappa shape index (κ3) is 2.35. The van der Waals surface area contributed by atoms with Crippen LogP contribution < -0.4 is 15.0 Å². The van der Waals surface area contributed by atoms with Gasteiger partial charge < -0.3 is 10.1 Å². The molecule has 5 nitrogen and oxygen atoms in total. The first-order valence-electron chi connectivity index (χ1n) is 6.07. The van der Waals surface area contributed by atoms with Crippen molar-refractivity contribution in [2.45, 2.75) is 0 Å². The molecule has 2 heterocycles. The number of fused-ring (bicyclic) bond motifs is 1. The van der Waals surface area contributed by atoms with E-state index in [0.29, 0.717) is 18.8 Å². The number of ether oxygens (including phenoxy) is 1. The summed E-state index contributed by atoms with van der Waals surface area (Å²) >= 11 is 0. The van der Waals surface area contributed by atoms with Crippen LogP contribution in [0.4, 0.5) is 16.2 Å². The van der Waals surface area contributed by atoms with Crippen LogP contribution in [0.5, 0.6) is 5.75 Å². The zero-order valence-corrected chi connectivity index (χ0v) is 10.2. The second kappa shape index (κ2) is 4.97. The molecule has 0 fully saturated rings. The molecule has 3 rings (SSSR count). The lowest BCUT2D eigenvalue weighted by atomic mass is 10.2. The molecular formula is C14H13N3O2. The molecule has 1 aromatic heterocycles. The van der Waals surface area contributed by atoms with E-state index in [1.807, 2.05) is 24.3 Å². The molecule has 19 heavy (non-hydrogen) atoms. The highest BCUT2D eigenvalue weighted by Gasteiger charge is 2.23. The highest BCUT2D eigenvalue weighted by Crippen LogP contribution is 2.28. The molecule has 0 bridgehead atoms. The first-order chi connectivity index (χ1) is 9.34. The standard InChI is InChI=1S/C14H13N3O2/c18-14(19-11-4-3-7-15-10-11)17-9-8-16-12-5-1-2-6-13(12)17/h1-7,10,16H,8-9H2. The molecule has 0 radical (unpaired) electrons. The van der Waals surface area contributed by atoms with Gasteiger partial charge in [-0.3, -0.25) is 9.88 Å². The quantitative estimate of drug-likeness (QED) is 0.850. The van der Waals surface area contributed by atoms with Crippen molar-refractivity contribution < 1.29 is 9.53 Å². The van der Waals surface area contributed by atoms with E-state index >= 15 is 0 Å². The van der Waals surface area contributed by atoms with Crippen LogP contribution in [0.3, 0.4) is 0 Å². The molecule has 1 amide bonds. The van der Waals surface area contributed by atoms with Crippen molar-refractivity contribution in [3.05, 3.63) is 48.8 Å². The lowest BCUT2D eigenvalue weighted by molar-refractivity contribution is 0.207. The Morgan fingerprint density at radius 1 is 1.26 bits per heavy atom. The normalized spacial score (nSPS) is 13.4. The second-order valence-electron chi connectivity index (χ2n) is 4.15. The summed E-state index contributed by atoms with van der Waals surface area (Å²) in [4.78, 5) is 17.7. The van der Waals surface area contributed by atoms with E-state index in [-0.39, 0.29) is 6.09 Å². The van der Waals surface area contributed by atoms with Crippen LogP contribution in [0.25, 0.3) is 0 Å². The number of para-hydroxylation sites is 2. The molecular weight excluding hydrogens is 242 g/mol. The van der Waals surface area contributed by atoms with E-state index < -0.39 is 0 Å². The third-order valence-electron chi connectivity index (χ3n) is 2.91. The van der Waals surface area contributed by atoms with Gasteiger partial charge in [0, 0.05) is 19.3 Å². The Morgan fingerprint density at radius 2 is 2.16 bits per heavy atom. The summed E-state index contributed by atoms with van der Waals surface area (Å²) in [5.41, 5.74) is 1.78. The number of rotatable bonds is 1. The number of aromatic nitrogens is 1. The summed E-state index contributed by atoms with van der Waals surface area (Å²) in [6, 6.07) is 11.1. The monoisotopic (exact) mass is 255 g/mol. The zero-order chi connectivity index (χ0) is 13.1. The van der Waals surface area contributed by atoms with E-state index in [1.54, 1.807) is 23.2 Å². The Bertz CT molecular complexity index is 586. The van der Waals surface area contributed by atoms with Crippen LogP contribution in [0.15, 0.2) is 48.8 Å². The lowest BCUT2D eigenvalue weighted by Gasteiger charge is -2.29. The summed E-state index contributed by atoms with van der Waals surface area (Å²) in [7, 11) is 0. The number of nitrogens with zero attached hydrogens (tertiary/aromatic N) is 2. The van der Waals surface area contributed by atoms with Crippen LogP contribution in [0.1, 0.15) is 0 Å². The van der Waals surface area contributed by atoms with Crippen LogP contribution in [-0.2, 0) is 0 Å². The molecule has 0 aliphatic carbocycles. The summed E-state index contributed by atoms with van der Waals surface area (Å²) in [5.74, 6) is 0.448. The number of benzene rings is 1. The van der Waals surface area contributed by atoms with Crippen LogP contribution in [0.2, 0.25) is 0 Å². The Labute approximate surface area is 110 Å². The Hall–Kier alpha value is -2.56. The SMILES string of the molecule is O=C(Oc1cccnc1)N1CCNc2ccccc21. The van der Waals surface area contributed by atoms with Crippen molar-refractivity contribution in [1.82, 2.24) is 4.98 Å². The lowest BCUT2D eigenvalue weighted by Crippen LogP contribution is -2.40. The van der Waals surface area contributed by atoms with Gasteiger partial charge in [-0.25, -0.2) is 4.79 Å². The van der Waals surface area contributed by atoms with Gasteiger partial charge in [-0.2, -0.15) is 0 Å². The Morgan fingerprint density at radius 3 is 3.00 bits per heavy atom. The molecule has 0 unspecified atom stereocenters. The maximum atomic E-state index is 12.2. The summed E-state index contributed by atoms with van der Waals surface area (Å²) in [6.07, 6.45) is 2.77. The maximum Gasteiger partial charge on any atom is 0.419 e. The van der Waals surface area contributed by atoms with E-state index in [0.717, 1.165) is 11.4 Å². The topological polar surface area (TPSA) is 54.5 Å². The number of amides is 1. The minimum Gasteiger partial charge on any atom is -0.408 e. The zero-order valence-electron chi connectivity index (χ0n) is 10.2. The predicted octanol–water partition coefficient (Wildman–Crippen LogP) is 2.51. The average Bonchev–Trinajstić information content (AvgIpc) is 2.47. The van der Waals surface area contributed by atoms with Crippen molar-refractivity contribution in [2.75, 3.05) is 23.3 Å². The van der Waals surface area contributed by atoms with Gasteiger partial charge in [0.1, 0.15) is 0 Å². The van der Waals surface area contributed by atoms with E-state index in [9.17, 15) is 4.79 Å². The van der Waals surface area contributed by atoms with Gasteiger partial charge >= 0.3 is 6.09 Å². The van der Waals surface area contributed by atoms with Crippen molar-refractivity contribution >= 4 is 17.5 Å². The number of anilines is 2.